The minimum atomic E-state index is 0.443. The Morgan fingerprint density at radius 2 is 1.80 bits per heavy atom. The van der Waals surface area contributed by atoms with E-state index in [1.54, 1.807) is 0 Å². The molecule has 2 nitrogen and oxygen atoms in total. The molecule has 3 heteroatoms. The second-order valence-corrected chi connectivity index (χ2v) is 7.81. The van der Waals surface area contributed by atoms with Gasteiger partial charge < -0.3 is 10.2 Å². The van der Waals surface area contributed by atoms with Crippen molar-refractivity contribution in [3.05, 3.63) is 29.8 Å². The molecular weight excluding hydrogens is 264 g/mol. The topological polar surface area (TPSA) is 15.3 Å². The van der Waals surface area contributed by atoms with Crippen molar-refractivity contribution in [2.45, 2.75) is 50.7 Å². The summed E-state index contributed by atoms with van der Waals surface area (Å²) in [5, 5.41) is 5.00. The van der Waals surface area contributed by atoms with Gasteiger partial charge in [0.2, 0.25) is 0 Å². The van der Waals surface area contributed by atoms with Crippen LogP contribution in [0.25, 0.3) is 0 Å². The van der Waals surface area contributed by atoms with Crippen LogP contribution in [0.5, 0.6) is 0 Å². The second-order valence-electron chi connectivity index (χ2n) is 5.93. The van der Waals surface area contributed by atoms with Crippen LogP contribution in [0, 0.1) is 0 Å². The predicted molar refractivity (Wildman–Crippen MR) is 91.9 cm³/mol. The van der Waals surface area contributed by atoms with Crippen LogP contribution in [0.4, 0.5) is 5.69 Å². The van der Waals surface area contributed by atoms with Gasteiger partial charge >= 0.3 is 0 Å². The van der Waals surface area contributed by atoms with E-state index in [1.807, 2.05) is 0 Å². The van der Waals surface area contributed by atoms with Crippen LogP contribution in [0.2, 0.25) is 0 Å². The molecule has 3 unspecified atom stereocenters. The molecule has 20 heavy (non-hydrogen) atoms. The smallest absolute Gasteiger partial charge is 0.0367 e. The minimum absolute atomic E-state index is 0.443. The summed E-state index contributed by atoms with van der Waals surface area (Å²) >= 11 is 2.11. The van der Waals surface area contributed by atoms with Gasteiger partial charge in [0.1, 0.15) is 0 Å². The maximum atomic E-state index is 3.54. The Balaban J connectivity index is 2.00. The molecule has 112 valence electrons. The first-order valence-electron chi connectivity index (χ1n) is 7.84. The Bertz CT molecular complexity index is 394. The summed E-state index contributed by atoms with van der Waals surface area (Å²) < 4.78 is 0. The van der Waals surface area contributed by atoms with Crippen molar-refractivity contribution in [1.82, 2.24) is 5.32 Å². The van der Waals surface area contributed by atoms with Crippen molar-refractivity contribution in [1.29, 1.82) is 0 Å². The summed E-state index contributed by atoms with van der Waals surface area (Å²) in [4.78, 5) is 2.53. The lowest BCUT2D eigenvalue weighted by Crippen LogP contribution is -2.40. The number of nitrogens with zero attached hydrogens (tertiary/aromatic N) is 1. The van der Waals surface area contributed by atoms with Gasteiger partial charge in [-0.25, -0.2) is 0 Å². The fraction of sp³-hybridized carbons (Fsp3) is 0.647. The Morgan fingerprint density at radius 3 is 2.35 bits per heavy atom. The van der Waals surface area contributed by atoms with Gasteiger partial charge in [0.15, 0.2) is 0 Å². The van der Waals surface area contributed by atoms with Gasteiger partial charge in [-0.05, 0) is 37.6 Å². The van der Waals surface area contributed by atoms with Gasteiger partial charge in [-0.2, -0.15) is 11.8 Å². The fourth-order valence-electron chi connectivity index (χ4n) is 2.84. The number of anilines is 1. The summed E-state index contributed by atoms with van der Waals surface area (Å²) in [7, 11) is 0. The van der Waals surface area contributed by atoms with Gasteiger partial charge in [0.05, 0.1) is 0 Å². The van der Waals surface area contributed by atoms with Gasteiger partial charge in [0, 0.05) is 35.3 Å². The standard InChI is InChI=1S/C17H28N2S/c1-5-10-18-15(4)16-6-8-17(9-7-16)19-11-13(2)20-14(3)12-19/h6-9,13-15,18H,5,10-12H2,1-4H3. The van der Waals surface area contributed by atoms with Crippen molar-refractivity contribution in [3.8, 4) is 0 Å². The van der Waals surface area contributed by atoms with Gasteiger partial charge in [-0.1, -0.05) is 32.9 Å². The van der Waals surface area contributed by atoms with Crippen molar-refractivity contribution in [3.63, 3.8) is 0 Å². The number of nitrogens with one attached hydrogen (secondary N) is 1. The molecule has 3 atom stereocenters. The highest BCUT2D eigenvalue weighted by Gasteiger charge is 2.22. The maximum absolute atomic E-state index is 3.54. The number of benzene rings is 1. The van der Waals surface area contributed by atoms with E-state index in [0.717, 1.165) is 30.1 Å². The first-order chi connectivity index (χ1) is 9.60. The molecule has 0 radical (unpaired) electrons. The molecule has 1 aliphatic rings. The third kappa shape index (κ3) is 4.16. The van der Waals surface area contributed by atoms with Gasteiger partial charge in [-0.3, -0.25) is 0 Å². The summed E-state index contributed by atoms with van der Waals surface area (Å²) in [6.45, 7) is 12.5. The number of thioether (sulfide) groups is 1. The molecule has 2 rings (SSSR count). The molecule has 0 spiro atoms. The van der Waals surface area contributed by atoms with Crippen LogP contribution in [-0.2, 0) is 0 Å². The first kappa shape index (κ1) is 15.7. The molecule has 1 aromatic rings. The molecule has 0 amide bonds. The highest BCUT2D eigenvalue weighted by molar-refractivity contribution is 8.00. The summed E-state index contributed by atoms with van der Waals surface area (Å²) in [5.74, 6) is 0. The number of hydrogen-bond donors (Lipinski definition) is 1. The van der Waals surface area contributed by atoms with Crippen LogP contribution >= 0.6 is 11.8 Å². The summed E-state index contributed by atoms with van der Waals surface area (Å²) in [6.07, 6.45) is 1.18. The molecule has 0 aliphatic carbocycles. The number of hydrogen-bond acceptors (Lipinski definition) is 3. The van der Waals surface area contributed by atoms with Crippen molar-refractivity contribution >= 4 is 17.4 Å². The Kier molecular flexibility index (Phi) is 5.79. The molecular formula is C17H28N2S. The van der Waals surface area contributed by atoms with E-state index >= 15 is 0 Å². The highest BCUT2D eigenvalue weighted by atomic mass is 32.2. The molecule has 0 bridgehead atoms. The van der Waals surface area contributed by atoms with Gasteiger partial charge in [-0.15, -0.1) is 0 Å². The molecule has 0 saturated carbocycles. The lowest BCUT2D eigenvalue weighted by atomic mass is 10.1. The van der Waals surface area contributed by atoms with Crippen LogP contribution in [0.3, 0.4) is 0 Å². The lowest BCUT2D eigenvalue weighted by Gasteiger charge is -2.36. The minimum Gasteiger partial charge on any atom is -0.369 e. The van der Waals surface area contributed by atoms with Crippen LogP contribution in [-0.4, -0.2) is 30.1 Å². The average molecular weight is 292 g/mol. The van der Waals surface area contributed by atoms with E-state index in [9.17, 15) is 0 Å². The molecule has 0 aromatic heterocycles. The quantitative estimate of drug-likeness (QED) is 0.880. The Labute approximate surface area is 128 Å². The van der Waals surface area contributed by atoms with Gasteiger partial charge in [0.25, 0.3) is 0 Å². The van der Waals surface area contributed by atoms with E-state index in [0.29, 0.717) is 6.04 Å². The van der Waals surface area contributed by atoms with E-state index in [1.165, 1.54) is 17.7 Å². The van der Waals surface area contributed by atoms with Crippen molar-refractivity contribution < 1.29 is 0 Å². The molecule has 1 saturated heterocycles. The lowest BCUT2D eigenvalue weighted by molar-refractivity contribution is 0.570. The second kappa shape index (κ2) is 7.37. The Hall–Kier alpha value is -0.670. The van der Waals surface area contributed by atoms with Crippen LogP contribution in [0.15, 0.2) is 24.3 Å². The van der Waals surface area contributed by atoms with Crippen LogP contribution in [0.1, 0.15) is 45.7 Å². The fourth-order valence-corrected chi connectivity index (χ4v) is 4.17. The zero-order valence-corrected chi connectivity index (χ0v) is 14.0. The summed E-state index contributed by atoms with van der Waals surface area (Å²) in [6, 6.07) is 9.57. The normalized spacial score (nSPS) is 24.7. The maximum Gasteiger partial charge on any atom is 0.0367 e. The van der Waals surface area contributed by atoms with E-state index in [2.05, 4.69) is 73.9 Å². The number of rotatable bonds is 5. The molecule has 1 N–H and O–H groups in total. The molecule has 1 fully saturated rings. The Morgan fingerprint density at radius 1 is 1.20 bits per heavy atom. The van der Waals surface area contributed by atoms with E-state index < -0.39 is 0 Å². The SMILES string of the molecule is CCCNC(C)c1ccc(N2CC(C)SC(C)C2)cc1. The van der Waals surface area contributed by atoms with Crippen molar-refractivity contribution in [2.75, 3.05) is 24.5 Å². The van der Waals surface area contributed by atoms with E-state index in [4.69, 9.17) is 0 Å². The third-order valence-corrected chi connectivity index (χ3v) is 5.11. The molecule has 1 aliphatic heterocycles. The third-order valence-electron chi connectivity index (χ3n) is 3.88. The zero-order valence-electron chi connectivity index (χ0n) is 13.2. The molecule has 1 aromatic carbocycles. The molecule has 1 heterocycles. The van der Waals surface area contributed by atoms with E-state index in [-0.39, 0.29) is 0 Å². The first-order valence-corrected chi connectivity index (χ1v) is 8.78. The predicted octanol–water partition coefficient (Wildman–Crippen LogP) is 4.08. The largest absolute Gasteiger partial charge is 0.369 e. The highest BCUT2D eigenvalue weighted by Crippen LogP contribution is 2.29. The zero-order chi connectivity index (χ0) is 14.5. The monoisotopic (exact) mass is 292 g/mol. The average Bonchev–Trinajstić information content (AvgIpc) is 2.44. The van der Waals surface area contributed by atoms with Crippen molar-refractivity contribution in [2.24, 2.45) is 0 Å². The van der Waals surface area contributed by atoms with Crippen LogP contribution < -0.4 is 10.2 Å². The summed E-state index contributed by atoms with van der Waals surface area (Å²) in [5.41, 5.74) is 2.75.